The van der Waals surface area contributed by atoms with Gasteiger partial charge in [0, 0.05) is 44.1 Å². The Morgan fingerprint density at radius 2 is 0.950 bits per heavy atom. The van der Waals surface area contributed by atoms with Crippen LogP contribution in [0.25, 0.3) is 0 Å². The van der Waals surface area contributed by atoms with Gasteiger partial charge in [-0.1, -0.05) is 60.7 Å². The van der Waals surface area contributed by atoms with E-state index in [1.54, 1.807) is 48.5 Å². The van der Waals surface area contributed by atoms with E-state index in [1.807, 2.05) is 12.1 Å². The Hall–Kier alpha value is -7.16. The summed E-state index contributed by atoms with van der Waals surface area (Å²) in [6.07, 6.45) is 5.19. The van der Waals surface area contributed by atoms with Gasteiger partial charge in [-0.25, -0.2) is 0 Å². The van der Waals surface area contributed by atoms with E-state index >= 15 is 0 Å². The van der Waals surface area contributed by atoms with Crippen molar-refractivity contribution in [2.45, 2.75) is 156 Å². The van der Waals surface area contributed by atoms with Gasteiger partial charge in [0.1, 0.15) is 91.5 Å². The lowest BCUT2D eigenvalue weighted by Gasteiger charge is -2.13. The molecule has 3 saturated carbocycles. The third kappa shape index (κ3) is 61.7. The zero-order chi connectivity index (χ0) is 63.2. The Labute approximate surface area is 465 Å². The molecule has 0 aromatic heterocycles. The number of carbonyl (C=O) groups is 14. The van der Waals surface area contributed by atoms with Crippen LogP contribution in [0.4, 0.5) is 0 Å². The summed E-state index contributed by atoms with van der Waals surface area (Å²) in [7, 11) is 0. The van der Waals surface area contributed by atoms with Gasteiger partial charge in [-0.3, -0.25) is 52.7 Å². The standard InChI is InChI=1S/C14H12O2.2C6H10O2.C5H6O2.2C5H8O2.C4H8O2.C3H6O3.C3H4O3.C3H6O2.C2H4O2/c15-13(11-7-3-1-4-8-11)14(16)12-9-5-2-6-10-12;7-5-3-1-2-4-6(5)8;1-5(7)3-4-6(2)8;6-4-1-2-5(7)3-4;6-4-2-1-3-5(4)7;1-4(6)3-5(2)7;1-3(5)4(2)6;2*4-1-3(6)2-5;1-3(5)2-4;3-1-2-4/h1-10,13,15H;5,7H,1-4H2;3-4H2,1-2H3;1-3H2;4,6H,1-3H2;3H2,1-2H3;3,5H,1-2H3;4-5H,1-2H2;1-2,4,6H;4H,2H2,1H3;1,4H,2H2/b;;;;;;;;3-1-;;. The lowest BCUT2D eigenvalue weighted by atomic mass is 9.97. The average molecular weight is 1140 g/mol. The van der Waals surface area contributed by atoms with Crippen LogP contribution in [0.15, 0.2) is 72.7 Å². The molecule has 0 heterocycles. The number of ketones is 12. The molecule has 450 valence electrons. The van der Waals surface area contributed by atoms with Crippen molar-refractivity contribution in [1.29, 1.82) is 0 Å². The monoisotopic (exact) mass is 1140 g/mol. The summed E-state index contributed by atoms with van der Waals surface area (Å²) in [5, 5.41) is 82.2. The maximum atomic E-state index is 11.9. The number of Topliss-reactive ketones (excluding diaryl/α,β-unsaturated/α-hetero) is 12. The number of aliphatic hydroxyl groups excluding tert-OH is 10. The molecule has 24 nitrogen and oxygen atoms in total. The average Bonchev–Trinajstić information content (AvgIpc) is 4.02. The first-order valence-corrected chi connectivity index (χ1v) is 24.7. The van der Waals surface area contributed by atoms with Gasteiger partial charge in [-0.2, -0.15) is 0 Å². The van der Waals surface area contributed by atoms with Crippen LogP contribution in [0.5, 0.6) is 0 Å². The third-order valence-electron chi connectivity index (χ3n) is 9.11. The van der Waals surface area contributed by atoms with Gasteiger partial charge in [-0.15, -0.1) is 0 Å². The molecular weight excluding hydrogens is 1060 g/mol. The Kier molecular flexibility index (Phi) is 59.5. The number of aliphatic hydroxyl groups is 10. The van der Waals surface area contributed by atoms with Gasteiger partial charge in [0.25, 0.3) is 0 Å². The normalized spacial score (nSPS) is 15.0. The fraction of sp³-hybridized carbons (Fsp3) is 0.500. The molecule has 0 radical (unpaired) electrons. The summed E-state index contributed by atoms with van der Waals surface area (Å²) < 4.78 is 0. The Bertz CT molecular complexity index is 2120. The van der Waals surface area contributed by atoms with Crippen molar-refractivity contribution in [1.82, 2.24) is 0 Å². The van der Waals surface area contributed by atoms with Crippen LogP contribution in [0.1, 0.15) is 154 Å². The molecule has 10 N–H and O–H groups in total. The molecule has 2 aromatic rings. The van der Waals surface area contributed by atoms with Gasteiger partial charge < -0.3 is 65.4 Å². The maximum Gasteiger partial charge on any atom is 0.195 e. The van der Waals surface area contributed by atoms with E-state index in [0.717, 1.165) is 19.3 Å². The summed E-state index contributed by atoms with van der Waals surface area (Å²) in [5.74, 6) is -1.57. The van der Waals surface area contributed by atoms with Crippen molar-refractivity contribution in [3.05, 3.63) is 83.8 Å². The summed E-state index contributed by atoms with van der Waals surface area (Å²) in [6, 6.07) is 17.7. The van der Waals surface area contributed by atoms with Crippen molar-refractivity contribution < 1.29 is 118 Å². The number of hydrogen-bond acceptors (Lipinski definition) is 24. The second-order valence-corrected chi connectivity index (χ2v) is 16.9. The largest absolute Gasteiger partial charge is 0.512 e. The topological polar surface area (TPSA) is 441 Å². The zero-order valence-corrected chi connectivity index (χ0v) is 46.5. The van der Waals surface area contributed by atoms with Crippen molar-refractivity contribution in [3.63, 3.8) is 0 Å². The quantitative estimate of drug-likeness (QED) is 0.0427. The number of carbonyl (C=O) groups excluding carboxylic acids is 14. The van der Waals surface area contributed by atoms with Crippen LogP contribution in [0.2, 0.25) is 0 Å². The molecule has 3 fully saturated rings. The first-order valence-electron chi connectivity index (χ1n) is 24.7. The molecule has 80 heavy (non-hydrogen) atoms. The SMILES string of the molecule is CC(=O)C(C)O.CC(=O)CC(C)=O.CC(=O)CCC(C)=O.CC(=O)CO.O=C(CO)CO.O=C(c1ccccc1)C(O)c1ccccc1.O=C/C(O)=C/O.O=C1CCC(=O)C1.O=C1CCCC1O.O=C1CCCCC1O.O=CCO. The van der Waals surface area contributed by atoms with Crippen LogP contribution in [-0.4, -0.2) is 178 Å². The first kappa shape index (κ1) is 84.1. The second kappa shape index (κ2) is 56.6. The molecule has 0 saturated heterocycles. The molecule has 0 bridgehead atoms. The minimum Gasteiger partial charge on any atom is -0.512 e. The predicted octanol–water partition coefficient (Wildman–Crippen LogP) is 2.39. The van der Waals surface area contributed by atoms with E-state index in [9.17, 15) is 67.4 Å². The number of benzene rings is 2. The predicted molar refractivity (Wildman–Crippen MR) is 289 cm³/mol. The van der Waals surface area contributed by atoms with Gasteiger partial charge in [0.05, 0.1) is 19.4 Å². The first-order chi connectivity index (χ1) is 37.4. The summed E-state index contributed by atoms with van der Waals surface area (Å²) in [6.45, 7) is 8.11. The van der Waals surface area contributed by atoms with Crippen LogP contribution < -0.4 is 0 Å². The highest BCUT2D eigenvalue weighted by Gasteiger charge is 2.21. The number of aldehydes is 2. The second-order valence-electron chi connectivity index (χ2n) is 16.9. The lowest BCUT2D eigenvalue weighted by molar-refractivity contribution is -0.129. The highest BCUT2D eigenvalue weighted by Crippen LogP contribution is 2.18. The molecule has 0 spiro atoms. The van der Waals surface area contributed by atoms with Crippen molar-refractivity contribution in [2.24, 2.45) is 0 Å². The number of hydrogen-bond donors (Lipinski definition) is 10. The van der Waals surface area contributed by atoms with Gasteiger partial charge in [0.2, 0.25) is 0 Å². The molecule has 4 unspecified atom stereocenters. The lowest BCUT2D eigenvalue weighted by Crippen LogP contribution is -2.23. The Balaban J connectivity index is -0.000000193. The number of rotatable bonds is 14. The molecule has 0 amide bonds. The third-order valence-corrected chi connectivity index (χ3v) is 9.11. The Morgan fingerprint density at radius 3 is 1.14 bits per heavy atom. The van der Waals surface area contributed by atoms with Gasteiger partial charge >= 0.3 is 0 Å². The van der Waals surface area contributed by atoms with Crippen molar-refractivity contribution >= 4 is 82.0 Å². The molecule has 24 heteroatoms. The summed E-state index contributed by atoms with van der Waals surface area (Å²) in [5.41, 5.74) is 1.15. The summed E-state index contributed by atoms with van der Waals surface area (Å²) in [4.78, 5) is 141. The number of allylic oxidation sites excluding steroid dienone is 1. The zero-order valence-electron chi connectivity index (χ0n) is 46.5. The van der Waals surface area contributed by atoms with Crippen LogP contribution in [0.3, 0.4) is 0 Å². The molecule has 5 rings (SSSR count). The van der Waals surface area contributed by atoms with Crippen molar-refractivity contribution in [2.75, 3.05) is 26.4 Å². The molecular formula is C56H82O24. The molecule has 2 aromatic carbocycles. The van der Waals surface area contributed by atoms with Crippen LogP contribution >= 0.6 is 0 Å². The molecule has 0 aliphatic heterocycles. The van der Waals surface area contributed by atoms with Crippen LogP contribution in [-0.2, 0) is 62.3 Å². The maximum absolute atomic E-state index is 11.9. The Morgan fingerprint density at radius 1 is 0.575 bits per heavy atom. The van der Waals surface area contributed by atoms with E-state index in [2.05, 4.69) is 0 Å². The fourth-order valence-corrected chi connectivity index (χ4v) is 4.77. The summed E-state index contributed by atoms with van der Waals surface area (Å²) >= 11 is 0. The van der Waals surface area contributed by atoms with E-state index in [1.165, 1.54) is 48.5 Å². The van der Waals surface area contributed by atoms with E-state index in [-0.39, 0.29) is 96.0 Å². The van der Waals surface area contributed by atoms with E-state index < -0.39 is 49.2 Å². The van der Waals surface area contributed by atoms with Crippen LogP contribution in [0, 0.1) is 0 Å². The fourth-order valence-electron chi connectivity index (χ4n) is 4.77. The van der Waals surface area contributed by atoms with E-state index in [0.29, 0.717) is 75.0 Å². The highest BCUT2D eigenvalue weighted by molar-refractivity contribution is 6.05. The van der Waals surface area contributed by atoms with E-state index in [4.69, 9.17) is 50.8 Å². The molecule has 4 atom stereocenters. The molecule has 3 aliphatic carbocycles. The van der Waals surface area contributed by atoms with Gasteiger partial charge in [0.15, 0.2) is 46.7 Å². The van der Waals surface area contributed by atoms with Gasteiger partial charge in [-0.05, 0) is 86.1 Å². The minimum atomic E-state index is -1.08. The molecule has 3 aliphatic rings. The highest BCUT2D eigenvalue weighted by atomic mass is 16.3. The smallest absolute Gasteiger partial charge is 0.195 e. The van der Waals surface area contributed by atoms with Crippen molar-refractivity contribution in [3.8, 4) is 0 Å². The minimum absolute atomic E-state index is 0.0139.